The van der Waals surface area contributed by atoms with Crippen molar-refractivity contribution in [3.05, 3.63) is 96.7 Å². The lowest BCUT2D eigenvalue weighted by atomic mass is 10.0. The third kappa shape index (κ3) is 4.46. The van der Waals surface area contributed by atoms with Gasteiger partial charge in [0.1, 0.15) is 5.82 Å². The maximum atomic E-state index is 13.4. The van der Waals surface area contributed by atoms with Gasteiger partial charge < -0.3 is 5.32 Å². The Hall–Kier alpha value is -3.60. The predicted molar refractivity (Wildman–Crippen MR) is 114 cm³/mol. The van der Waals surface area contributed by atoms with E-state index in [4.69, 9.17) is 4.98 Å². The zero-order chi connectivity index (χ0) is 20.1. The van der Waals surface area contributed by atoms with Gasteiger partial charge in [0.05, 0.1) is 5.69 Å². The van der Waals surface area contributed by atoms with Gasteiger partial charge in [0.15, 0.2) is 0 Å². The van der Waals surface area contributed by atoms with Crippen molar-refractivity contribution in [2.75, 3.05) is 11.9 Å². The molecule has 0 saturated carbocycles. The minimum atomic E-state index is -0.270. The smallest absolute Gasteiger partial charge is 0.223 e. The second-order valence-electron chi connectivity index (χ2n) is 6.89. The Morgan fingerprint density at radius 3 is 2.34 bits per heavy atom. The zero-order valence-corrected chi connectivity index (χ0v) is 16.1. The zero-order valence-electron chi connectivity index (χ0n) is 16.1. The monoisotopic (exact) mass is 384 g/mol. The van der Waals surface area contributed by atoms with Crippen LogP contribution < -0.4 is 5.32 Å². The molecule has 2 aromatic heterocycles. The van der Waals surface area contributed by atoms with Gasteiger partial charge in [-0.25, -0.2) is 14.4 Å². The highest BCUT2D eigenvalue weighted by Crippen LogP contribution is 2.30. The van der Waals surface area contributed by atoms with Crippen molar-refractivity contribution in [1.82, 2.24) is 15.0 Å². The van der Waals surface area contributed by atoms with Gasteiger partial charge >= 0.3 is 0 Å². The summed E-state index contributed by atoms with van der Waals surface area (Å²) in [5, 5.41) is 3.34. The SMILES string of the molecule is CC(CNc1ncc(-c2ccc(F)cc2)c(-c2ccncc2)n1)c1ccccc1. The van der Waals surface area contributed by atoms with Crippen LogP contribution in [0.25, 0.3) is 22.4 Å². The average Bonchev–Trinajstić information content (AvgIpc) is 2.79. The topological polar surface area (TPSA) is 50.7 Å². The van der Waals surface area contributed by atoms with Crippen LogP contribution in [0.2, 0.25) is 0 Å². The molecule has 0 radical (unpaired) electrons. The Morgan fingerprint density at radius 2 is 1.62 bits per heavy atom. The molecule has 1 unspecified atom stereocenters. The number of pyridine rings is 1. The normalized spacial score (nSPS) is 11.8. The number of nitrogens with one attached hydrogen (secondary N) is 1. The largest absolute Gasteiger partial charge is 0.354 e. The lowest BCUT2D eigenvalue weighted by Gasteiger charge is -2.15. The standard InChI is InChI=1S/C24H21FN4/c1-17(18-5-3-2-4-6-18)15-27-24-28-16-22(19-7-9-21(25)10-8-19)23(29-24)20-11-13-26-14-12-20/h2-14,16-17H,15H2,1H3,(H,27,28,29). The summed E-state index contributed by atoms with van der Waals surface area (Å²) in [4.78, 5) is 13.4. The molecule has 5 heteroatoms. The minimum Gasteiger partial charge on any atom is -0.354 e. The molecule has 0 fully saturated rings. The summed E-state index contributed by atoms with van der Waals surface area (Å²) in [6.07, 6.45) is 5.25. The summed E-state index contributed by atoms with van der Waals surface area (Å²) in [5.74, 6) is 0.611. The summed E-state index contributed by atoms with van der Waals surface area (Å²) < 4.78 is 13.4. The number of rotatable bonds is 6. The third-order valence-electron chi connectivity index (χ3n) is 4.83. The molecule has 1 atom stereocenters. The molecule has 0 aliphatic carbocycles. The highest BCUT2D eigenvalue weighted by Gasteiger charge is 2.13. The Bertz CT molecular complexity index is 1070. The van der Waals surface area contributed by atoms with Crippen molar-refractivity contribution in [3.63, 3.8) is 0 Å². The van der Waals surface area contributed by atoms with Gasteiger partial charge in [-0.1, -0.05) is 49.4 Å². The Morgan fingerprint density at radius 1 is 0.897 bits per heavy atom. The number of aromatic nitrogens is 3. The van der Waals surface area contributed by atoms with Crippen molar-refractivity contribution in [3.8, 4) is 22.4 Å². The van der Waals surface area contributed by atoms with Gasteiger partial charge in [-0.3, -0.25) is 4.98 Å². The quantitative estimate of drug-likeness (QED) is 0.473. The number of hydrogen-bond donors (Lipinski definition) is 1. The number of anilines is 1. The second kappa shape index (κ2) is 8.61. The fourth-order valence-electron chi connectivity index (χ4n) is 3.18. The molecule has 0 amide bonds. The van der Waals surface area contributed by atoms with Crippen LogP contribution in [0, 0.1) is 5.82 Å². The molecule has 0 aliphatic heterocycles. The van der Waals surface area contributed by atoms with Gasteiger partial charge in [0.25, 0.3) is 0 Å². The van der Waals surface area contributed by atoms with E-state index in [1.54, 1.807) is 30.7 Å². The first-order valence-corrected chi connectivity index (χ1v) is 9.53. The Labute approximate surface area is 169 Å². The van der Waals surface area contributed by atoms with Crippen LogP contribution in [0.5, 0.6) is 0 Å². The molecule has 0 bridgehead atoms. The minimum absolute atomic E-state index is 0.270. The molecule has 0 spiro atoms. The van der Waals surface area contributed by atoms with Gasteiger partial charge in [-0.15, -0.1) is 0 Å². The predicted octanol–water partition coefficient (Wildman–Crippen LogP) is 5.56. The first-order valence-electron chi connectivity index (χ1n) is 9.53. The summed E-state index contributed by atoms with van der Waals surface area (Å²) >= 11 is 0. The number of nitrogens with zero attached hydrogens (tertiary/aromatic N) is 3. The first-order chi connectivity index (χ1) is 14.2. The van der Waals surface area contributed by atoms with E-state index in [1.807, 2.05) is 30.3 Å². The highest BCUT2D eigenvalue weighted by molar-refractivity contribution is 5.80. The van der Waals surface area contributed by atoms with Crippen LogP contribution in [0.15, 0.2) is 85.3 Å². The summed E-state index contributed by atoms with van der Waals surface area (Å²) in [6, 6.07) is 20.5. The van der Waals surface area contributed by atoms with E-state index in [0.717, 1.165) is 28.9 Å². The molecule has 0 aliphatic rings. The van der Waals surface area contributed by atoms with Gasteiger partial charge in [0.2, 0.25) is 5.95 Å². The molecular formula is C24H21FN4. The Balaban J connectivity index is 1.64. The number of halogens is 1. The highest BCUT2D eigenvalue weighted by atomic mass is 19.1. The number of benzene rings is 2. The molecule has 2 aromatic carbocycles. The Kier molecular flexibility index (Phi) is 5.56. The van der Waals surface area contributed by atoms with Crippen LogP contribution in [0.4, 0.5) is 10.3 Å². The van der Waals surface area contributed by atoms with Crippen LogP contribution in [0.3, 0.4) is 0 Å². The van der Waals surface area contributed by atoms with Crippen LogP contribution in [-0.2, 0) is 0 Å². The van der Waals surface area contributed by atoms with E-state index in [2.05, 4.69) is 34.3 Å². The molecule has 29 heavy (non-hydrogen) atoms. The maximum Gasteiger partial charge on any atom is 0.223 e. The summed E-state index contributed by atoms with van der Waals surface area (Å²) in [7, 11) is 0. The summed E-state index contributed by atoms with van der Waals surface area (Å²) in [5.41, 5.74) is 4.68. The fourth-order valence-corrected chi connectivity index (χ4v) is 3.18. The lowest BCUT2D eigenvalue weighted by Crippen LogP contribution is -2.12. The lowest BCUT2D eigenvalue weighted by molar-refractivity contribution is 0.628. The van der Waals surface area contributed by atoms with Crippen molar-refractivity contribution < 1.29 is 4.39 Å². The molecule has 1 N–H and O–H groups in total. The summed E-state index contributed by atoms with van der Waals surface area (Å²) in [6.45, 7) is 2.88. The van der Waals surface area contributed by atoms with E-state index >= 15 is 0 Å². The van der Waals surface area contributed by atoms with E-state index in [-0.39, 0.29) is 5.82 Å². The van der Waals surface area contributed by atoms with E-state index < -0.39 is 0 Å². The average molecular weight is 384 g/mol. The molecular weight excluding hydrogens is 363 g/mol. The molecule has 0 saturated heterocycles. The molecule has 4 aromatic rings. The van der Waals surface area contributed by atoms with Crippen LogP contribution >= 0.6 is 0 Å². The fraction of sp³-hybridized carbons (Fsp3) is 0.125. The molecule has 4 rings (SSSR count). The van der Waals surface area contributed by atoms with E-state index in [0.29, 0.717) is 11.9 Å². The van der Waals surface area contributed by atoms with Crippen molar-refractivity contribution in [2.45, 2.75) is 12.8 Å². The molecule has 4 nitrogen and oxygen atoms in total. The van der Waals surface area contributed by atoms with Gasteiger partial charge in [-0.05, 0) is 41.3 Å². The van der Waals surface area contributed by atoms with Crippen LogP contribution in [0.1, 0.15) is 18.4 Å². The van der Waals surface area contributed by atoms with Gasteiger partial charge in [0, 0.05) is 36.3 Å². The van der Waals surface area contributed by atoms with E-state index in [9.17, 15) is 4.39 Å². The van der Waals surface area contributed by atoms with E-state index in [1.165, 1.54) is 17.7 Å². The molecule has 2 heterocycles. The first kappa shape index (κ1) is 18.7. The third-order valence-corrected chi connectivity index (χ3v) is 4.83. The van der Waals surface area contributed by atoms with Crippen molar-refractivity contribution in [1.29, 1.82) is 0 Å². The van der Waals surface area contributed by atoms with Crippen molar-refractivity contribution in [2.24, 2.45) is 0 Å². The van der Waals surface area contributed by atoms with Gasteiger partial charge in [-0.2, -0.15) is 0 Å². The van der Waals surface area contributed by atoms with Crippen molar-refractivity contribution >= 4 is 5.95 Å². The molecule has 144 valence electrons. The second-order valence-corrected chi connectivity index (χ2v) is 6.89. The number of hydrogen-bond acceptors (Lipinski definition) is 4. The van der Waals surface area contributed by atoms with Crippen LogP contribution in [-0.4, -0.2) is 21.5 Å². The maximum absolute atomic E-state index is 13.4.